The van der Waals surface area contributed by atoms with E-state index in [1.807, 2.05) is 6.07 Å². The lowest BCUT2D eigenvalue weighted by Crippen LogP contribution is -2.58. The lowest BCUT2D eigenvalue weighted by atomic mass is 9.86. The van der Waals surface area contributed by atoms with Gasteiger partial charge in [0.05, 0.1) is 12.2 Å². The van der Waals surface area contributed by atoms with Gasteiger partial charge in [0, 0.05) is 6.42 Å². The third-order valence-electron chi connectivity index (χ3n) is 3.76. The zero-order chi connectivity index (χ0) is 19.5. The minimum absolute atomic E-state index is 0.0215. The van der Waals surface area contributed by atoms with Gasteiger partial charge >= 0.3 is 6.09 Å². The first-order chi connectivity index (χ1) is 12.0. The molecule has 1 heterocycles. The van der Waals surface area contributed by atoms with Crippen LogP contribution >= 0.6 is 11.6 Å². The van der Waals surface area contributed by atoms with E-state index in [9.17, 15) is 13.6 Å². The lowest BCUT2D eigenvalue weighted by Gasteiger charge is -2.39. The molecule has 1 saturated carbocycles. The highest BCUT2D eigenvalue weighted by Gasteiger charge is 2.48. The van der Waals surface area contributed by atoms with Crippen molar-refractivity contribution in [3.8, 4) is 6.07 Å². The minimum Gasteiger partial charge on any atom is -0.444 e. The highest BCUT2D eigenvalue weighted by molar-refractivity contribution is 6.28. The fraction of sp³-hybridized carbons (Fsp3) is 0.625. The van der Waals surface area contributed by atoms with E-state index in [0.29, 0.717) is 6.42 Å². The van der Waals surface area contributed by atoms with E-state index >= 15 is 0 Å². The quantitative estimate of drug-likeness (QED) is 0.770. The normalized spacial score (nSPS) is 22.2. The molecule has 1 aliphatic carbocycles. The number of halogens is 3. The van der Waals surface area contributed by atoms with Crippen LogP contribution in [0.5, 0.6) is 0 Å². The van der Waals surface area contributed by atoms with Gasteiger partial charge in [-0.25, -0.2) is 18.6 Å². The highest BCUT2D eigenvalue weighted by Crippen LogP contribution is 2.36. The fourth-order valence-corrected chi connectivity index (χ4v) is 2.83. The molecule has 1 amide bonds. The highest BCUT2D eigenvalue weighted by atomic mass is 35.5. The Morgan fingerprint density at radius 2 is 2.19 bits per heavy atom. The van der Waals surface area contributed by atoms with E-state index < -0.39 is 29.7 Å². The first-order valence-electron chi connectivity index (χ1n) is 8.08. The summed E-state index contributed by atoms with van der Waals surface area (Å²) >= 11 is 5.71. The number of aromatic nitrogens is 2. The molecule has 0 spiro atoms. The molecule has 0 bridgehead atoms. The Labute approximate surface area is 155 Å². The molecule has 10 heteroatoms. The van der Waals surface area contributed by atoms with Crippen LogP contribution < -0.4 is 10.6 Å². The number of rotatable bonds is 3. The number of nitrogens with one attached hydrogen (secondary N) is 2. The summed E-state index contributed by atoms with van der Waals surface area (Å²) in [4.78, 5) is 19.5. The van der Waals surface area contributed by atoms with Crippen LogP contribution in [0.3, 0.4) is 0 Å². The molecule has 1 fully saturated rings. The van der Waals surface area contributed by atoms with Gasteiger partial charge < -0.3 is 15.4 Å². The second-order valence-electron chi connectivity index (χ2n) is 7.04. The smallest absolute Gasteiger partial charge is 0.407 e. The SMILES string of the molecule is CC(C)(C)OC(=O)N[C@H]1CCCC(F)(F)[C@H]1Nc1nc(Cl)ncc1C#N. The van der Waals surface area contributed by atoms with Crippen LogP contribution in [-0.2, 0) is 4.74 Å². The summed E-state index contributed by atoms with van der Waals surface area (Å²) in [5.41, 5.74) is -0.773. The van der Waals surface area contributed by atoms with E-state index in [-0.39, 0.29) is 29.5 Å². The van der Waals surface area contributed by atoms with E-state index in [1.165, 1.54) is 0 Å². The van der Waals surface area contributed by atoms with Crippen LogP contribution in [0.2, 0.25) is 5.28 Å². The topological polar surface area (TPSA) is 99.9 Å². The predicted octanol–water partition coefficient (Wildman–Crippen LogP) is 3.49. The summed E-state index contributed by atoms with van der Waals surface area (Å²) in [6.07, 6.45) is 0.578. The Hall–Kier alpha value is -2.21. The van der Waals surface area contributed by atoms with Gasteiger partial charge in [-0.1, -0.05) is 0 Å². The standard InChI is InChI=1S/C16H20ClF2N5O2/c1-15(2,3)26-14(25)22-10-5-4-6-16(18,19)11(10)23-12-9(7-20)8-21-13(17)24-12/h8,10-11H,4-6H2,1-3H3,(H,22,25)(H,21,23,24)/t10-,11-/m0/s1. The molecule has 7 nitrogen and oxygen atoms in total. The summed E-state index contributed by atoms with van der Waals surface area (Å²) in [6.45, 7) is 5.04. The molecule has 26 heavy (non-hydrogen) atoms. The summed E-state index contributed by atoms with van der Waals surface area (Å²) in [5, 5.41) is 14.0. The van der Waals surface area contributed by atoms with Crippen molar-refractivity contribution in [2.45, 2.75) is 63.6 Å². The van der Waals surface area contributed by atoms with Crippen LogP contribution in [0.4, 0.5) is 19.4 Å². The van der Waals surface area contributed by atoms with Crippen LogP contribution in [0.25, 0.3) is 0 Å². The number of anilines is 1. The molecular weight excluding hydrogens is 368 g/mol. The molecule has 142 valence electrons. The number of amides is 1. The summed E-state index contributed by atoms with van der Waals surface area (Å²) in [7, 11) is 0. The predicted molar refractivity (Wildman–Crippen MR) is 91.1 cm³/mol. The molecule has 0 aromatic carbocycles. The van der Waals surface area contributed by atoms with Crippen LogP contribution in [0.1, 0.15) is 45.6 Å². The zero-order valence-corrected chi connectivity index (χ0v) is 15.4. The number of nitrogens with zero attached hydrogens (tertiary/aromatic N) is 3. The maximum absolute atomic E-state index is 14.5. The largest absolute Gasteiger partial charge is 0.444 e. The molecular formula is C16H20ClF2N5O2. The third kappa shape index (κ3) is 5.14. The Morgan fingerprint density at radius 1 is 1.50 bits per heavy atom. The molecule has 1 aromatic heterocycles. The van der Waals surface area contributed by atoms with E-state index in [4.69, 9.17) is 21.6 Å². The number of ether oxygens (including phenoxy) is 1. The van der Waals surface area contributed by atoms with Crippen molar-refractivity contribution in [2.75, 3.05) is 5.32 Å². The number of hydrogen-bond acceptors (Lipinski definition) is 6. The summed E-state index contributed by atoms with van der Waals surface area (Å²) < 4.78 is 34.2. The molecule has 1 aromatic rings. The minimum atomic E-state index is -3.12. The second-order valence-corrected chi connectivity index (χ2v) is 7.38. The molecule has 0 radical (unpaired) electrons. The Kier molecular flexibility index (Phi) is 5.86. The molecule has 0 aliphatic heterocycles. The van der Waals surface area contributed by atoms with Crippen molar-refractivity contribution in [2.24, 2.45) is 0 Å². The molecule has 0 saturated heterocycles. The van der Waals surface area contributed by atoms with Gasteiger partial charge in [-0.05, 0) is 45.2 Å². The number of carbonyl (C=O) groups is 1. The van der Waals surface area contributed by atoms with Gasteiger partial charge in [0.1, 0.15) is 29.1 Å². The first kappa shape index (κ1) is 20.1. The number of hydrogen-bond donors (Lipinski definition) is 2. The van der Waals surface area contributed by atoms with Gasteiger partial charge in [-0.15, -0.1) is 0 Å². The van der Waals surface area contributed by atoms with Crippen molar-refractivity contribution >= 4 is 23.5 Å². The van der Waals surface area contributed by atoms with Gasteiger partial charge in [-0.2, -0.15) is 10.2 Å². The van der Waals surface area contributed by atoms with Crippen LogP contribution in [0.15, 0.2) is 6.20 Å². The van der Waals surface area contributed by atoms with E-state index in [0.717, 1.165) is 6.20 Å². The molecule has 1 aliphatic rings. The van der Waals surface area contributed by atoms with Gasteiger partial charge in [0.25, 0.3) is 5.92 Å². The van der Waals surface area contributed by atoms with E-state index in [2.05, 4.69) is 20.6 Å². The van der Waals surface area contributed by atoms with Gasteiger partial charge in [0.2, 0.25) is 5.28 Å². The average molecular weight is 388 g/mol. The van der Waals surface area contributed by atoms with Crippen molar-refractivity contribution in [3.05, 3.63) is 17.0 Å². The summed E-state index contributed by atoms with van der Waals surface area (Å²) in [5.74, 6) is -3.22. The monoisotopic (exact) mass is 387 g/mol. The zero-order valence-electron chi connectivity index (χ0n) is 14.6. The van der Waals surface area contributed by atoms with Crippen molar-refractivity contribution in [1.29, 1.82) is 5.26 Å². The number of carbonyl (C=O) groups excluding carboxylic acids is 1. The van der Waals surface area contributed by atoms with E-state index in [1.54, 1.807) is 20.8 Å². The molecule has 0 unspecified atom stereocenters. The molecule has 2 N–H and O–H groups in total. The van der Waals surface area contributed by atoms with Crippen molar-refractivity contribution < 1.29 is 18.3 Å². The number of alkyl carbamates (subject to hydrolysis) is 1. The van der Waals surface area contributed by atoms with Gasteiger partial charge in [0.15, 0.2) is 0 Å². The van der Waals surface area contributed by atoms with Crippen LogP contribution in [-0.4, -0.2) is 39.7 Å². The molecule has 2 rings (SSSR count). The maximum Gasteiger partial charge on any atom is 0.407 e. The number of nitriles is 1. The average Bonchev–Trinajstić information content (AvgIpc) is 2.48. The second kappa shape index (κ2) is 7.58. The van der Waals surface area contributed by atoms with Crippen molar-refractivity contribution in [3.63, 3.8) is 0 Å². The van der Waals surface area contributed by atoms with Gasteiger partial charge in [-0.3, -0.25) is 0 Å². The number of alkyl halides is 2. The van der Waals surface area contributed by atoms with Crippen LogP contribution in [0, 0.1) is 11.3 Å². The Balaban J connectivity index is 2.24. The maximum atomic E-state index is 14.5. The Morgan fingerprint density at radius 3 is 2.81 bits per heavy atom. The molecule has 2 atom stereocenters. The summed E-state index contributed by atoms with van der Waals surface area (Å²) in [6, 6.07) is -0.556. The lowest BCUT2D eigenvalue weighted by molar-refractivity contribution is -0.0563. The van der Waals surface area contributed by atoms with Crippen molar-refractivity contribution in [1.82, 2.24) is 15.3 Å². The Bertz CT molecular complexity index is 718. The third-order valence-corrected chi connectivity index (χ3v) is 3.94. The fourth-order valence-electron chi connectivity index (χ4n) is 2.69. The first-order valence-corrected chi connectivity index (χ1v) is 8.46.